The molecule has 2 aliphatic heterocycles. The van der Waals surface area contributed by atoms with Crippen molar-refractivity contribution in [1.29, 1.82) is 0 Å². The first-order chi connectivity index (χ1) is 12.8. The second-order valence-electron chi connectivity index (χ2n) is 7.79. The van der Waals surface area contributed by atoms with Crippen LogP contribution in [0.2, 0.25) is 0 Å². The average molecular weight is 372 g/mol. The minimum atomic E-state index is -0.721. The van der Waals surface area contributed by atoms with E-state index in [1.165, 1.54) is 0 Å². The van der Waals surface area contributed by atoms with Crippen LogP contribution in [0.15, 0.2) is 18.2 Å². The Kier molecular flexibility index (Phi) is 5.39. The highest BCUT2D eigenvalue weighted by Gasteiger charge is 2.37. The summed E-state index contributed by atoms with van der Waals surface area (Å²) in [7, 11) is 3.86. The van der Waals surface area contributed by atoms with Crippen LogP contribution in [0.1, 0.15) is 44.7 Å². The Bertz CT molecular complexity index is 760. The van der Waals surface area contributed by atoms with Crippen molar-refractivity contribution in [2.45, 2.75) is 45.2 Å². The van der Waals surface area contributed by atoms with E-state index in [4.69, 9.17) is 0 Å². The van der Waals surface area contributed by atoms with Crippen molar-refractivity contribution < 1.29 is 14.4 Å². The van der Waals surface area contributed by atoms with Crippen molar-refractivity contribution in [3.63, 3.8) is 0 Å². The van der Waals surface area contributed by atoms with Crippen LogP contribution in [0.4, 0.5) is 11.4 Å². The molecule has 3 amide bonds. The summed E-state index contributed by atoms with van der Waals surface area (Å²) >= 11 is 0. The van der Waals surface area contributed by atoms with Crippen molar-refractivity contribution in [1.82, 2.24) is 10.2 Å². The number of carbonyl (C=O) groups excluding carboxylic acids is 3. The summed E-state index contributed by atoms with van der Waals surface area (Å²) in [5, 5.41) is 5.71. The number of fused-ring (bicyclic) bond motifs is 1. The first-order valence-electron chi connectivity index (χ1n) is 9.52. The van der Waals surface area contributed by atoms with Gasteiger partial charge in [-0.15, -0.1) is 0 Å². The van der Waals surface area contributed by atoms with Gasteiger partial charge in [0.2, 0.25) is 11.8 Å². The Morgan fingerprint density at radius 2 is 2.00 bits per heavy atom. The van der Waals surface area contributed by atoms with E-state index in [0.717, 1.165) is 29.8 Å². The summed E-state index contributed by atoms with van der Waals surface area (Å²) in [4.78, 5) is 41.5. The van der Waals surface area contributed by atoms with Gasteiger partial charge in [-0.05, 0) is 31.4 Å². The molecule has 2 atom stereocenters. The van der Waals surface area contributed by atoms with Gasteiger partial charge in [0.1, 0.15) is 12.1 Å². The highest BCUT2D eigenvalue weighted by molar-refractivity contribution is 6.05. The van der Waals surface area contributed by atoms with Crippen LogP contribution >= 0.6 is 0 Å². The van der Waals surface area contributed by atoms with Crippen LogP contribution in [-0.2, 0) is 14.4 Å². The monoisotopic (exact) mass is 372 g/mol. The summed E-state index contributed by atoms with van der Waals surface area (Å²) in [6, 6.07) is 4.46. The Hall–Kier alpha value is -2.57. The highest BCUT2D eigenvalue weighted by atomic mass is 16.2. The lowest BCUT2D eigenvalue weighted by Gasteiger charge is -2.36. The van der Waals surface area contributed by atoms with E-state index in [2.05, 4.69) is 10.6 Å². The molecule has 0 radical (unpaired) electrons. The zero-order valence-corrected chi connectivity index (χ0v) is 16.4. The lowest BCUT2D eigenvalue weighted by molar-refractivity contribution is -0.145. The lowest BCUT2D eigenvalue weighted by atomic mass is 9.98. The largest absolute Gasteiger partial charge is 0.378 e. The maximum absolute atomic E-state index is 12.9. The molecule has 27 heavy (non-hydrogen) atoms. The first-order valence-corrected chi connectivity index (χ1v) is 9.52. The Morgan fingerprint density at radius 3 is 2.67 bits per heavy atom. The van der Waals surface area contributed by atoms with E-state index < -0.39 is 12.1 Å². The van der Waals surface area contributed by atoms with Crippen molar-refractivity contribution in [3.05, 3.63) is 23.8 Å². The smallest absolute Gasteiger partial charge is 0.251 e. The lowest BCUT2D eigenvalue weighted by Crippen LogP contribution is -2.53. The summed E-state index contributed by atoms with van der Waals surface area (Å²) in [5.74, 6) is -0.666. The van der Waals surface area contributed by atoms with E-state index in [1.54, 1.807) is 4.90 Å². The first kappa shape index (κ1) is 19.2. The highest BCUT2D eigenvalue weighted by Crippen LogP contribution is 2.34. The fraction of sp³-hybridized carbons (Fsp3) is 0.550. The molecule has 7 heteroatoms. The van der Waals surface area contributed by atoms with E-state index in [9.17, 15) is 14.4 Å². The van der Waals surface area contributed by atoms with Gasteiger partial charge in [0.15, 0.2) is 0 Å². The molecule has 2 heterocycles. The predicted molar refractivity (Wildman–Crippen MR) is 104 cm³/mol. The molecular weight excluding hydrogens is 344 g/mol. The molecule has 0 aromatic heterocycles. The fourth-order valence-corrected chi connectivity index (χ4v) is 3.71. The maximum atomic E-state index is 12.9. The van der Waals surface area contributed by atoms with Gasteiger partial charge in [-0.3, -0.25) is 14.4 Å². The summed E-state index contributed by atoms with van der Waals surface area (Å²) < 4.78 is 0. The molecule has 2 aliphatic rings. The van der Waals surface area contributed by atoms with Gasteiger partial charge >= 0.3 is 0 Å². The number of amides is 3. The molecule has 3 rings (SSSR count). The van der Waals surface area contributed by atoms with Crippen LogP contribution in [-0.4, -0.2) is 49.3 Å². The number of nitrogens with zero attached hydrogens (tertiary/aromatic N) is 2. The molecule has 1 aromatic rings. The third kappa shape index (κ3) is 3.77. The second kappa shape index (κ2) is 7.58. The van der Waals surface area contributed by atoms with Crippen molar-refractivity contribution in [3.8, 4) is 0 Å². The van der Waals surface area contributed by atoms with Gasteiger partial charge < -0.3 is 20.4 Å². The standard InChI is InChI=1S/C20H28N4O3/c1-12(2)20(27)24-10-6-5-7-16(24)18(25)22-17-14-9-8-13(23(3)4)11-15(14)21-19(17)26/h8-9,11-12,16-17H,5-7,10H2,1-4H3,(H,21,26)(H,22,25). The summed E-state index contributed by atoms with van der Waals surface area (Å²) in [6.45, 7) is 4.28. The Balaban J connectivity index is 1.78. The van der Waals surface area contributed by atoms with Gasteiger partial charge in [-0.2, -0.15) is 0 Å². The van der Waals surface area contributed by atoms with Crippen molar-refractivity contribution >= 4 is 29.1 Å². The van der Waals surface area contributed by atoms with E-state index in [0.29, 0.717) is 13.0 Å². The van der Waals surface area contributed by atoms with Gasteiger partial charge in [0.25, 0.3) is 5.91 Å². The minimum Gasteiger partial charge on any atom is -0.378 e. The molecule has 1 saturated heterocycles. The third-order valence-electron chi connectivity index (χ3n) is 5.25. The molecule has 7 nitrogen and oxygen atoms in total. The molecule has 0 aliphatic carbocycles. The van der Waals surface area contributed by atoms with E-state index in [-0.39, 0.29) is 23.6 Å². The topological polar surface area (TPSA) is 81.8 Å². The predicted octanol–water partition coefficient (Wildman–Crippen LogP) is 1.90. The third-order valence-corrected chi connectivity index (χ3v) is 5.25. The molecule has 0 spiro atoms. The van der Waals surface area contributed by atoms with Crippen LogP contribution < -0.4 is 15.5 Å². The molecule has 0 saturated carbocycles. The maximum Gasteiger partial charge on any atom is 0.251 e. The Labute approximate surface area is 160 Å². The molecule has 2 N–H and O–H groups in total. The van der Waals surface area contributed by atoms with Crippen LogP contribution in [0.25, 0.3) is 0 Å². The molecular formula is C20H28N4O3. The van der Waals surface area contributed by atoms with Crippen LogP contribution in [0.5, 0.6) is 0 Å². The van der Waals surface area contributed by atoms with Crippen LogP contribution in [0.3, 0.4) is 0 Å². The summed E-state index contributed by atoms with van der Waals surface area (Å²) in [5.41, 5.74) is 2.45. The number of hydrogen-bond donors (Lipinski definition) is 2. The zero-order valence-electron chi connectivity index (χ0n) is 16.4. The van der Waals surface area contributed by atoms with E-state index in [1.807, 2.05) is 51.0 Å². The molecule has 2 unspecified atom stereocenters. The molecule has 1 aromatic carbocycles. The van der Waals surface area contributed by atoms with Gasteiger partial charge in [-0.1, -0.05) is 19.9 Å². The number of anilines is 2. The summed E-state index contributed by atoms with van der Waals surface area (Å²) in [6.07, 6.45) is 2.44. The average Bonchev–Trinajstić information content (AvgIpc) is 2.95. The van der Waals surface area contributed by atoms with Crippen molar-refractivity contribution in [2.75, 3.05) is 30.9 Å². The number of carbonyl (C=O) groups is 3. The second-order valence-corrected chi connectivity index (χ2v) is 7.79. The molecule has 1 fully saturated rings. The quantitative estimate of drug-likeness (QED) is 0.846. The van der Waals surface area contributed by atoms with Crippen LogP contribution in [0, 0.1) is 5.92 Å². The zero-order chi connectivity index (χ0) is 19.7. The van der Waals surface area contributed by atoms with Gasteiger partial charge in [-0.25, -0.2) is 0 Å². The van der Waals surface area contributed by atoms with E-state index >= 15 is 0 Å². The number of rotatable bonds is 4. The number of hydrogen-bond acceptors (Lipinski definition) is 4. The SMILES string of the molecule is CC(C)C(=O)N1CCCCC1C(=O)NC1C(=O)Nc2cc(N(C)C)ccc21. The Morgan fingerprint density at radius 1 is 1.26 bits per heavy atom. The number of likely N-dealkylation sites (tertiary alicyclic amines) is 1. The molecule has 146 valence electrons. The van der Waals surface area contributed by atoms with Crippen molar-refractivity contribution in [2.24, 2.45) is 5.92 Å². The molecule has 0 bridgehead atoms. The normalized spacial score (nSPS) is 21.7. The van der Waals surface area contributed by atoms with Gasteiger partial charge in [0.05, 0.1) is 0 Å². The van der Waals surface area contributed by atoms with Gasteiger partial charge in [0, 0.05) is 43.5 Å². The number of nitrogens with one attached hydrogen (secondary N) is 2. The minimum absolute atomic E-state index is 0.0123. The fourth-order valence-electron chi connectivity index (χ4n) is 3.71. The number of benzene rings is 1. The number of piperidine rings is 1.